The molecule has 0 aliphatic heterocycles. The molecule has 49 heavy (non-hydrogen) atoms. The summed E-state index contributed by atoms with van der Waals surface area (Å²) in [5.74, 6) is 1.26. The molecule has 7 heteroatoms. The Bertz CT molecular complexity index is 1780. The number of rotatable bonds is 7. The summed E-state index contributed by atoms with van der Waals surface area (Å²) in [6.07, 6.45) is 0. The number of fused-ring (bicyclic) bond motifs is 2. The molecule has 0 saturated heterocycles. The van der Waals surface area contributed by atoms with E-state index in [0.29, 0.717) is 5.92 Å². The predicted octanol–water partition coefficient (Wildman–Crippen LogP) is 10.2. The molecule has 0 aliphatic carbocycles. The Morgan fingerprint density at radius 3 is 1.88 bits per heavy atom. The van der Waals surface area contributed by atoms with Crippen LogP contribution in [0.15, 0.2) is 115 Å². The molecule has 0 heterocycles. The third-order valence-electron chi connectivity index (χ3n) is 8.81. The van der Waals surface area contributed by atoms with E-state index in [4.69, 9.17) is 4.74 Å². The van der Waals surface area contributed by atoms with Crippen LogP contribution in [0.25, 0.3) is 32.7 Å². The molecule has 1 N–H and O–H groups in total. The topological polar surface area (TPSA) is 29.5 Å². The van der Waals surface area contributed by atoms with Gasteiger partial charge >= 0.3 is 27.0 Å². The van der Waals surface area contributed by atoms with Gasteiger partial charge in [-0.3, -0.25) is 0 Å². The zero-order valence-electron chi connectivity index (χ0n) is 27.8. The summed E-state index contributed by atoms with van der Waals surface area (Å²) in [7, 11) is 9.11. The molecule has 0 fully saturated rings. The SMILES string of the molecule is [Ar].[Ar].[CH2-][C@H](C(C)C)C([CH2-])(c1[c-]cc(CO)cc1)c1ccc(OC)cc1.[CH2-]c1ccc2ccccc2c1-c1c(P)ccc2ccccc12.[Cl][Ru]. The molecular formula is C42H41Ar2ClO2PRu-4. The molecule has 0 spiro atoms. The Labute approximate surface area is 369 Å². The molecule has 3 atom stereocenters. The second-order valence-electron chi connectivity index (χ2n) is 11.9. The Hall–Kier alpha value is -0.667. The van der Waals surface area contributed by atoms with Crippen molar-refractivity contribution in [1.82, 2.24) is 0 Å². The maximum absolute atomic E-state index is 9.24. The predicted molar refractivity (Wildman–Crippen MR) is 201 cm³/mol. The van der Waals surface area contributed by atoms with Crippen molar-refractivity contribution in [2.45, 2.75) is 25.9 Å². The van der Waals surface area contributed by atoms with Crippen LogP contribution >= 0.6 is 18.9 Å². The van der Waals surface area contributed by atoms with Gasteiger partial charge in [0, 0.05) is 82.1 Å². The Balaban J connectivity index is 0.000000312. The summed E-state index contributed by atoms with van der Waals surface area (Å²) < 4.78 is 5.25. The standard InChI is InChI=1S/C21H25O2.C21H16P.2Ar.ClH.Ru/c1-15(2)16(3)21(4,18-8-6-17(14-22)7-9-18)19-10-12-20(23-5)13-11-19;1-14-10-11-15-6-2-4-8-17(15)20(14)21-18-9-5-3-7-16(18)12-13-19(21)22;;;;/h6-8,10-13,15-16,22H,3-4,14H2,1-2,5H3;2-13H,1,22H2;;;1H;/q-3;-1;;;;+1/p-1/t16-,21?;;;;;/m1...../s1. The number of aliphatic hydroxyl groups excluding tert-OH is 1. The van der Waals surface area contributed by atoms with Crippen LogP contribution in [0.3, 0.4) is 0 Å². The third-order valence-corrected chi connectivity index (χ3v) is 9.29. The van der Waals surface area contributed by atoms with Gasteiger partial charge in [0.2, 0.25) is 0 Å². The molecule has 6 rings (SSSR count). The van der Waals surface area contributed by atoms with Gasteiger partial charge in [0.15, 0.2) is 0 Å². The molecule has 2 unspecified atom stereocenters. The first-order valence-corrected chi connectivity index (χ1v) is 18.2. The molecule has 0 amide bonds. The molecule has 2 nitrogen and oxygen atoms in total. The van der Waals surface area contributed by atoms with Gasteiger partial charge in [-0.05, 0) is 33.6 Å². The van der Waals surface area contributed by atoms with Crippen LogP contribution in [0.1, 0.15) is 36.1 Å². The van der Waals surface area contributed by atoms with Gasteiger partial charge in [0.1, 0.15) is 5.75 Å². The average molecular weight is 825 g/mol. The average Bonchev–Trinajstić information content (AvgIpc) is 3.12. The van der Waals surface area contributed by atoms with Crippen molar-refractivity contribution >= 4 is 45.8 Å². The Morgan fingerprint density at radius 1 is 0.816 bits per heavy atom. The molecule has 0 radical (unpaired) electrons. The fourth-order valence-corrected chi connectivity index (χ4v) is 6.44. The summed E-state index contributed by atoms with van der Waals surface area (Å²) in [5.41, 5.74) is 5.97. The van der Waals surface area contributed by atoms with E-state index in [2.05, 4.69) is 132 Å². The maximum atomic E-state index is 9.24. The van der Waals surface area contributed by atoms with Crippen molar-refractivity contribution in [1.29, 1.82) is 0 Å². The van der Waals surface area contributed by atoms with Crippen molar-refractivity contribution < 1.29 is 103 Å². The van der Waals surface area contributed by atoms with Gasteiger partial charge < -0.3 is 23.7 Å². The van der Waals surface area contributed by atoms with Gasteiger partial charge in [-0.2, -0.15) is 59.7 Å². The van der Waals surface area contributed by atoms with Gasteiger partial charge in [-0.1, -0.05) is 109 Å². The number of benzene rings is 6. The summed E-state index contributed by atoms with van der Waals surface area (Å²) in [5, 5.41) is 15.5. The third kappa shape index (κ3) is 10.3. The van der Waals surface area contributed by atoms with E-state index in [0.717, 1.165) is 28.0 Å². The van der Waals surface area contributed by atoms with Crippen molar-refractivity contribution in [3.8, 4) is 16.9 Å². The molecular weight excluding hydrogens is 784 g/mol. The molecule has 6 aromatic rings. The molecule has 6 aromatic carbocycles. The number of ether oxygens (including phenoxy) is 1. The van der Waals surface area contributed by atoms with Gasteiger partial charge in [0.25, 0.3) is 0 Å². The first-order valence-electron chi connectivity index (χ1n) is 15.4. The number of aliphatic hydroxyl groups is 1. The molecule has 0 saturated carbocycles. The van der Waals surface area contributed by atoms with E-state index < -0.39 is 5.41 Å². The van der Waals surface area contributed by atoms with Crippen LogP contribution in [0.5, 0.6) is 5.75 Å². The van der Waals surface area contributed by atoms with Crippen molar-refractivity contribution in [2.24, 2.45) is 11.8 Å². The van der Waals surface area contributed by atoms with Crippen LogP contribution in [0, 0.1) is 114 Å². The van der Waals surface area contributed by atoms with Crippen LogP contribution < -0.4 is 10.0 Å². The number of hydrogen-bond donors (Lipinski definition) is 1. The summed E-state index contributed by atoms with van der Waals surface area (Å²) >= 11 is 1.82. The van der Waals surface area contributed by atoms with Crippen LogP contribution in [-0.4, -0.2) is 12.2 Å². The second kappa shape index (κ2) is 21.1. The van der Waals surface area contributed by atoms with E-state index in [9.17, 15) is 5.11 Å². The minimum absolute atomic E-state index is 0. The fraction of sp³-hybridized carbons (Fsp3) is 0.167. The van der Waals surface area contributed by atoms with Crippen LogP contribution in [0.2, 0.25) is 0 Å². The van der Waals surface area contributed by atoms with E-state index in [-0.39, 0.29) is 88.0 Å². The molecule has 0 aliphatic rings. The summed E-state index contributed by atoms with van der Waals surface area (Å²) in [6, 6.07) is 42.7. The van der Waals surface area contributed by atoms with E-state index in [1.807, 2.05) is 59.8 Å². The Kier molecular flexibility index (Phi) is 19.2. The normalized spacial score (nSPS) is 12.3. The van der Waals surface area contributed by atoms with Gasteiger partial charge in [0.05, 0.1) is 7.11 Å². The quantitative estimate of drug-likeness (QED) is 0.0988. The monoisotopic (exact) mass is 825 g/mol. The fourth-order valence-electron chi connectivity index (χ4n) is 6.04. The van der Waals surface area contributed by atoms with Gasteiger partial charge in [-0.25, -0.2) is 0 Å². The first kappa shape index (κ1) is 44.5. The molecule has 0 bridgehead atoms. The van der Waals surface area contributed by atoms with Crippen molar-refractivity contribution in [3.05, 3.63) is 164 Å². The van der Waals surface area contributed by atoms with Crippen LogP contribution in [-0.2, 0) is 29.3 Å². The zero-order chi connectivity index (χ0) is 34.1. The number of methoxy groups -OCH3 is 1. The molecule has 0 aromatic heterocycles. The van der Waals surface area contributed by atoms with E-state index in [1.165, 1.54) is 38.0 Å². The zero-order valence-corrected chi connectivity index (χ0v) is 32.9. The van der Waals surface area contributed by atoms with Crippen molar-refractivity contribution in [2.75, 3.05) is 7.11 Å². The molecule has 261 valence electrons. The second-order valence-corrected chi connectivity index (χ2v) is 12.5. The van der Waals surface area contributed by atoms with E-state index in [1.54, 1.807) is 7.11 Å². The van der Waals surface area contributed by atoms with Crippen LogP contribution in [0.4, 0.5) is 0 Å². The first-order chi connectivity index (χ1) is 22.7. The van der Waals surface area contributed by atoms with E-state index >= 15 is 0 Å². The summed E-state index contributed by atoms with van der Waals surface area (Å²) in [4.78, 5) is 0. The number of hydrogen-bond acceptors (Lipinski definition) is 2. The van der Waals surface area contributed by atoms with Gasteiger partial charge in [-0.15, -0.1) is 26.4 Å². The number of halogens is 1. The minimum atomic E-state index is -0.506. The Morgan fingerprint density at radius 2 is 1.37 bits per heavy atom. The van der Waals surface area contributed by atoms with Crippen molar-refractivity contribution in [3.63, 3.8) is 0 Å². The summed E-state index contributed by atoms with van der Waals surface area (Å²) in [6.45, 7) is 17.5.